The number of morpholine rings is 1. The Hall–Kier alpha value is -4.72. The number of carboxylic acid groups (broad SMARTS) is 1. The van der Waals surface area contributed by atoms with E-state index in [4.69, 9.17) is 15.2 Å². The zero-order valence-electron chi connectivity index (χ0n) is 21.8. The van der Waals surface area contributed by atoms with Gasteiger partial charge in [0.15, 0.2) is 23.3 Å². The maximum Gasteiger partial charge on any atom is 0.404 e. The molecule has 1 aliphatic heterocycles. The molecule has 212 valence electrons. The maximum absolute atomic E-state index is 15.2. The molecule has 0 bridgehead atoms. The first kappa shape index (κ1) is 28.3. The normalized spacial score (nSPS) is 14.7. The molecule has 0 spiro atoms. The number of nitrogens with zero attached hydrogens (tertiary/aromatic N) is 3. The van der Waals surface area contributed by atoms with E-state index in [-0.39, 0.29) is 28.7 Å². The van der Waals surface area contributed by atoms with E-state index in [1.54, 1.807) is 36.1 Å². The minimum absolute atomic E-state index is 0.148. The lowest BCUT2D eigenvalue weighted by Crippen LogP contribution is -2.39. The number of hydrogen-bond donors (Lipinski definition) is 5. The molecule has 0 unspecified atom stereocenters. The summed E-state index contributed by atoms with van der Waals surface area (Å²) in [4.78, 5) is 33.6. The molecule has 0 saturated carbocycles. The molecule has 2 aromatic heterocycles. The Kier molecular flexibility index (Phi) is 8.79. The first-order valence-electron chi connectivity index (χ1n) is 12.3. The van der Waals surface area contributed by atoms with Gasteiger partial charge >= 0.3 is 6.09 Å². The van der Waals surface area contributed by atoms with Crippen LogP contribution in [0.4, 0.5) is 36.7 Å². The van der Waals surface area contributed by atoms with E-state index in [0.717, 1.165) is 6.07 Å². The van der Waals surface area contributed by atoms with Crippen LogP contribution < -0.4 is 31.3 Å². The minimum atomic E-state index is -1.28. The topological polar surface area (TPSA) is 164 Å². The molecule has 2 amide bonds. The van der Waals surface area contributed by atoms with Crippen molar-refractivity contribution in [3.63, 3.8) is 0 Å². The van der Waals surface area contributed by atoms with Gasteiger partial charge in [-0.05, 0) is 30.7 Å². The number of hydrogen-bond acceptors (Lipinski definition) is 9. The molecule has 0 radical (unpaired) electrons. The molecular weight excluding hydrogens is 528 g/mol. The van der Waals surface area contributed by atoms with Gasteiger partial charge in [0.05, 0.1) is 49.9 Å². The van der Waals surface area contributed by atoms with Crippen LogP contribution in [0.3, 0.4) is 0 Å². The number of benzene rings is 1. The van der Waals surface area contributed by atoms with Gasteiger partial charge in [-0.15, -0.1) is 0 Å². The van der Waals surface area contributed by atoms with Crippen molar-refractivity contribution in [2.24, 2.45) is 5.73 Å². The Balaban J connectivity index is 1.66. The van der Waals surface area contributed by atoms with Crippen LogP contribution in [0.2, 0.25) is 0 Å². The highest BCUT2D eigenvalue weighted by molar-refractivity contribution is 5.98. The predicted molar refractivity (Wildman–Crippen MR) is 143 cm³/mol. The lowest BCUT2D eigenvalue weighted by Gasteiger charge is -2.28. The fourth-order valence-corrected chi connectivity index (χ4v) is 4.25. The summed E-state index contributed by atoms with van der Waals surface area (Å²) in [6, 6.07) is 7.27. The fraction of sp³-hybridized carbons (Fsp3) is 0.308. The molecule has 3 aromatic rings. The van der Waals surface area contributed by atoms with Crippen molar-refractivity contribution < 1.29 is 33.0 Å². The fourth-order valence-electron chi connectivity index (χ4n) is 4.25. The van der Waals surface area contributed by atoms with Gasteiger partial charge in [0.2, 0.25) is 0 Å². The summed E-state index contributed by atoms with van der Waals surface area (Å²) in [6.45, 7) is 3.48. The number of rotatable bonds is 10. The number of carbonyl (C=O) groups excluding carboxylic acids is 1. The summed E-state index contributed by atoms with van der Waals surface area (Å²) in [7, 11) is 1.50. The second-order valence-electron chi connectivity index (χ2n) is 8.97. The van der Waals surface area contributed by atoms with E-state index in [2.05, 4.69) is 25.9 Å². The molecule has 0 aliphatic carbocycles. The number of nitrogens with one attached hydrogen (secondary N) is 3. The Morgan fingerprint density at radius 1 is 1.12 bits per heavy atom. The van der Waals surface area contributed by atoms with E-state index < -0.39 is 35.7 Å². The highest BCUT2D eigenvalue weighted by Crippen LogP contribution is 2.30. The predicted octanol–water partition coefficient (Wildman–Crippen LogP) is 3.25. The lowest BCUT2D eigenvalue weighted by molar-refractivity contribution is 0.1000. The molecule has 40 heavy (non-hydrogen) atoms. The van der Waals surface area contributed by atoms with Crippen LogP contribution in [0.5, 0.6) is 5.75 Å². The van der Waals surface area contributed by atoms with Crippen LogP contribution >= 0.6 is 0 Å². The molecule has 4 rings (SSSR count). The summed E-state index contributed by atoms with van der Waals surface area (Å²) in [5.41, 5.74) is 5.93. The number of nitrogens with two attached hydrogens (primary N) is 1. The minimum Gasteiger partial charge on any atom is -0.497 e. The highest BCUT2D eigenvalue weighted by atomic mass is 19.1. The summed E-state index contributed by atoms with van der Waals surface area (Å²) >= 11 is 0. The number of methoxy groups -OCH3 is 1. The van der Waals surface area contributed by atoms with E-state index in [1.165, 1.54) is 19.4 Å². The van der Waals surface area contributed by atoms with Crippen molar-refractivity contribution in [1.29, 1.82) is 0 Å². The first-order chi connectivity index (χ1) is 19.2. The van der Waals surface area contributed by atoms with Crippen LogP contribution in [0.15, 0.2) is 42.6 Å². The molecule has 6 N–H and O–H groups in total. The van der Waals surface area contributed by atoms with Crippen LogP contribution in [-0.4, -0.2) is 66.5 Å². The molecule has 1 aromatic carbocycles. The van der Waals surface area contributed by atoms with Crippen LogP contribution in [0.1, 0.15) is 28.9 Å². The number of carbonyl (C=O) groups is 2. The van der Waals surface area contributed by atoms with Crippen molar-refractivity contribution in [1.82, 2.24) is 15.3 Å². The molecule has 12 nitrogen and oxygen atoms in total. The number of amides is 2. The van der Waals surface area contributed by atoms with Gasteiger partial charge < -0.3 is 41.2 Å². The van der Waals surface area contributed by atoms with Crippen LogP contribution in [0, 0.1) is 11.6 Å². The second kappa shape index (κ2) is 12.4. The average molecular weight is 558 g/mol. The second-order valence-corrected chi connectivity index (χ2v) is 8.97. The van der Waals surface area contributed by atoms with Gasteiger partial charge in [0.25, 0.3) is 5.91 Å². The zero-order chi connectivity index (χ0) is 28.8. The van der Waals surface area contributed by atoms with Crippen molar-refractivity contribution >= 4 is 35.1 Å². The Labute approximate surface area is 228 Å². The van der Waals surface area contributed by atoms with Crippen LogP contribution in [-0.2, 0) is 4.74 Å². The zero-order valence-corrected chi connectivity index (χ0v) is 21.8. The van der Waals surface area contributed by atoms with Gasteiger partial charge in [-0.1, -0.05) is 12.1 Å². The summed E-state index contributed by atoms with van der Waals surface area (Å²) in [5, 5.41) is 17.3. The number of pyridine rings is 2. The average Bonchev–Trinajstić information content (AvgIpc) is 2.93. The van der Waals surface area contributed by atoms with E-state index in [1.807, 2.05) is 0 Å². The number of halogens is 2. The Morgan fingerprint density at radius 2 is 1.82 bits per heavy atom. The van der Waals surface area contributed by atoms with E-state index >= 15 is 4.39 Å². The SMILES string of the molecule is COc1ccc([C@H](Nc2nc(Nc3cnc(N4CCOCC4)c(F)c3)c(C(N)=O)cc2F)[C@H](C)NC(=O)O)cc1. The van der Waals surface area contributed by atoms with Crippen molar-refractivity contribution in [2.45, 2.75) is 19.0 Å². The number of primary amides is 1. The molecule has 1 aliphatic rings. The quantitative estimate of drug-likeness (QED) is 0.250. The van der Waals surface area contributed by atoms with E-state index in [0.29, 0.717) is 37.6 Å². The molecule has 1 saturated heterocycles. The Morgan fingerprint density at radius 3 is 2.42 bits per heavy atom. The number of anilines is 4. The first-order valence-corrected chi connectivity index (χ1v) is 12.3. The van der Waals surface area contributed by atoms with Gasteiger partial charge in [-0.25, -0.2) is 23.5 Å². The number of aromatic nitrogens is 2. The highest BCUT2D eigenvalue weighted by Gasteiger charge is 2.25. The van der Waals surface area contributed by atoms with Crippen molar-refractivity contribution in [3.8, 4) is 5.75 Å². The van der Waals surface area contributed by atoms with Gasteiger partial charge in [0, 0.05) is 19.2 Å². The Bertz CT molecular complexity index is 1370. The molecular formula is C26H29F2N7O5. The molecule has 14 heteroatoms. The third-order valence-electron chi connectivity index (χ3n) is 6.25. The van der Waals surface area contributed by atoms with Gasteiger partial charge in [-0.2, -0.15) is 0 Å². The van der Waals surface area contributed by atoms with E-state index in [9.17, 15) is 19.1 Å². The smallest absolute Gasteiger partial charge is 0.404 e. The lowest BCUT2D eigenvalue weighted by atomic mass is 10.00. The summed E-state index contributed by atoms with van der Waals surface area (Å²) in [5.74, 6) is -2.21. The monoisotopic (exact) mass is 557 g/mol. The summed E-state index contributed by atoms with van der Waals surface area (Å²) < 4.78 is 40.5. The molecule has 3 heterocycles. The van der Waals surface area contributed by atoms with Crippen LogP contribution in [0.25, 0.3) is 0 Å². The number of ether oxygens (including phenoxy) is 2. The van der Waals surface area contributed by atoms with Crippen molar-refractivity contribution in [3.05, 3.63) is 65.4 Å². The molecule has 1 fully saturated rings. The van der Waals surface area contributed by atoms with Gasteiger partial charge in [0.1, 0.15) is 11.6 Å². The third-order valence-corrected chi connectivity index (χ3v) is 6.25. The van der Waals surface area contributed by atoms with Gasteiger partial charge in [-0.3, -0.25) is 4.79 Å². The molecule has 2 atom stereocenters. The van der Waals surface area contributed by atoms with Crippen molar-refractivity contribution in [2.75, 3.05) is 48.9 Å². The standard InChI is InChI=1S/C26H29F2N7O5/c1-14(31-26(37)38)21(15-3-5-17(39-2)6-4-15)33-24-19(27)12-18(22(29)36)23(34-24)32-16-11-20(28)25(30-13-16)35-7-9-40-10-8-35/h3-6,11-14,21,31H,7-10H2,1-2H3,(H2,29,36)(H,37,38)(H2,32,33,34)/t14-,21+/m0/s1. The maximum atomic E-state index is 15.2. The largest absolute Gasteiger partial charge is 0.497 e. The summed E-state index contributed by atoms with van der Waals surface area (Å²) in [6.07, 6.45) is 0.0817. The third kappa shape index (κ3) is 6.64.